The summed E-state index contributed by atoms with van der Waals surface area (Å²) in [5.74, 6) is 0.365. The number of benzene rings is 2. The van der Waals surface area contributed by atoms with Crippen molar-refractivity contribution in [1.82, 2.24) is 14.8 Å². The molecule has 0 bridgehead atoms. The molecule has 2 N–H and O–H groups in total. The normalized spacial score (nSPS) is 11.2. The molecule has 0 fully saturated rings. The molecule has 6 nitrogen and oxygen atoms in total. The number of anilines is 1. The molecule has 0 atom stereocenters. The van der Waals surface area contributed by atoms with Crippen LogP contribution < -0.4 is 5.32 Å². The predicted octanol–water partition coefficient (Wildman–Crippen LogP) is 3.42. The maximum atomic E-state index is 12.8. The molecule has 0 aliphatic heterocycles. The molecule has 0 unspecified atom stereocenters. The lowest BCUT2D eigenvalue weighted by Crippen LogP contribution is -2.13. The lowest BCUT2D eigenvalue weighted by Gasteiger charge is -2.07. The van der Waals surface area contributed by atoms with E-state index in [2.05, 4.69) is 20.1 Å². The van der Waals surface area contributed by atoms with Gasteiger partial charge in [-0.3, -0.25) is 9.89 Å². The molecule has 4 rings (SSSR count). The summed E-state index contributed by atoms with van der Waals surface area (Å²) in [6, 6.07) is 15.4. The Labute approximate surface area is 144 Å². The van der Waals surface area contributed by atoms with E-state index in [-0.39, 0.29) is 5.91 Å². The van der Waals surface area contributed by atoms with Gasteiger partial charge in [0.1, 0.15) is 0 Å². The molecule has 0 saturated carbocycles. The maximum absolute atomic E-state index is 12.8. The van der Waals surface area contributed by atoms with Gasteiger partial charge >= 0.3 is 0 Å². The van der Waals surface area contributed by atoms with E-state index in [0.29, 0.717) is 18.0 Å². The van der Waals surface area contributed by atoms with E-state index >= 15 is 0 Å². The van der Waals surface area contributed by atoms with Crippen molar-refractivity contribution in [2.45, 2.75) is 6.54 Å². The number of aromatic amines is 1. The van der Waals surface area contributed by atoms with Crippen LogP contribution in [0.5, 0.6) is 0 Å². The number of amides is 1. The van der Waals surface area contributed by atoms with Gasteiger partial charge in [0.25, 0.3) is 5.91 Å². The first-order valence-electron chi connectivity index (χ1n) is 8.09. The van der Waals surface area contributed by atoms with Gasteiger partial charge in [0.2, 0.25) is 0 Å². The second-order valence-electron chi connectivity index (χ2n) is 5.81. The number of rotatable bonds is 5. The number of H-pyrrole nitrogens is 1. The highest BCUT2D eigenvalue weighted by atomic mass is 16.5. The zero-order valence-corrected chi connectivity index (χ0v) is 13.8. The van der Waals surface area contributed by atoms with Gasteiger partial charge in [-0.25, -0.2) is 0 Å². The fourth-order valence-corrected chi connectivity index (χ4v) is 3.04. The molecule has 2 aromatic carbocycles. The van der Waals surface area contributed by atoms with Crippen LogP contribution in [0.1, 0.15) is 10.4 Å². The Kier molecular flexibility index (Phi) is 3.95. The summed E-state index contributed by atoms with van der Waals surface area (Å²) in [5, 5.41) is 11.8. The molecule has 0 aliphatic carbocycles. The Morgan fingerprint density at radius 3 is 2.92 bits per heavy atom. The third-order valence-corrected chi connectivity index (χ3v) is 4.30. The molecular weight excluding hydrogens is 316 g/mol. The van der Waals surface area contributed by atoms with Crippen LogP contribution in [0.25, 0.3) is 21.8 Å². The summed E-state index contributed by atoms with van der Waals surface area (Å²) in [5.41, 5.74) is 2.53. The molecule has 2 aromatic heterocycles. The van der Waals surface area contributed by atoms with E-state index < -0.39 is 0 Å². The van der Waals surface area contributed by atoms with E-state index in [1.165, 1.54) is 0 Å². The van der Waals surface area contributed by atoms with Gasteiger partial charge in [0, 0.05) is 41.7 Å². The number of ether oxygens (including phenoxy) is 1. The Bertz CT molecular complexity index is 1050. The number of hydrogen-bond donors (Lipinski definition) is 2. The van der Waals surface area contributed by atoms with E-state index in [4.69, 9.17) is 4.74 Å². The van der Waals surface area contributed by atoms with Crippen molar-refractivity contribution in [3.8, 4) is 0 Å². The summed E-state index contributed by atoms with van der Waals surface area (Å²) in [6.45, 7) is 1.37. The molecule has 1 amide bonds. The van der Waals surface area contributed by atoms with Crippen molar-refractivity contribution < 1.29 is 9.53 Å². The minimum atomic E-state index is -0.174. The summed E-state index contributed by atoms with van der Waals surface area (Å²) in [6.07, 6.45) is 1.98. The summed E-state index contributed by atoms with van der Waals surface area (Å²) in [4.78, 5) is 12.8. The summed E-state index contributed by atoms with van der Waals surface area (Å²) < 4.78 is 7.22. The quantitative estimate of drug-likeness (QED) is 0.587. The maximum Gasteiger partial charge on any atom is 0.257 e. The topological polar surface area (TPSA) is 71.9 Å². The lowest BCUT2D eigenvalue weighted by molar-refractivity contribution is 0.102. The fourth-order valence-electron chi connectivity index (χ4n) is 3.04. The van der Waals surface area contributed by atoms with Gasteiger partial charge in [0.15, 0.2) is 5.82 Å². The lowest BCUT2D eigenvalue weighted by atomic mass is 10.1. The SMILES string of the molecule is COCCn1ccc2c(C(=O)Nc3n[nH]c4ccccc34)cccc21. The predicted molar refractivity (Wildman–Crippen MR) is 97.9 cm³/mol. The van der Waals surface area contributed by atoms with E-state index in [1.54, 1.807) is 7.11 Å². The second kappa shape index (κ2) is 6.41. The first-order valence-corrected chi connectivity index (χ1v) is 8.09. The minimum absolute atomic E-state index is 0.174. The Balaban J connectivity index is 1.67. The van der Waals surface area contributed by atoms with Gasteiger partial charge in [-0.15, -0.1) is 0 Å². The van der Waals surface area contributed by atoms with Gasteiger partial charge in [-0.05, 0) is 30.3 Å². The van der Waals surface area contributed by atoms with Crippen LogP contribution in [0.3, 0.4) is 0 Å². The van der Waals surface area contributed by atoms with Gasteiger partial charge in [-0.2, -0.15) is 5.10 Å². The van der Waals surface area contributed by atoms with Crippen LogP contribution in [-0.4, -0.2) is 34.4 Å². The molecule has 25 heavy (non-hydrogen) atoms. The third-order valence-electron chi connectivity index (χ3n) is 4.30. The highest BCUT2D eigenvalue weighted by Crippen LogP contribution is 2.24. The third kappa shape index (κ3) is 2.77. The number of nitrogens with one attached hydrogen (secondary N) is 2. The Morgan fingerprint density at radius 1 is 1.16 bits per heavy atom. The molecule has 6 heteroatoms. The van der Waals surface area contributed by atoms with Crippen LogP contribution >= 0.6 is 0 Å². The van der Waals surface area contributed by atoms with Crippen LogP contribution in [-0.2, 0) is 11.3 Å². The second-order valence-corrected chi connectivity index (χ2v) is 5.81. The number of carbonyl (C=O) groups excluding carboxylic acids is 1. The minimum Gasteiger partial charge on any atom is -0.383 e. The smallest absolute Gasteiger partial charge is 0.257 e. The van der Waals surface area contributed by atoms with Crippen LogP contribution in [0.4, 0.5) is 5.82 Å². The first kappa shape index (κ1) is 15.4. The monoisotopic (exact) mass is 334 g/mol. The van der Waals surface area contributed by atoms with Crippen molar-refractivity contribution in [3.05, 3.63) is 60.3 Å². The van der Waals surface area contributed by atoms with Gasteiger partial charge in [0.05, 0.1) is 12.1 Å². The summed E-state index contributed by atoms with van der Waals surface area (Å²) in [7, 11) is 1.68. The van der Waals surface area contributed by atoms with Gasteiger partial charge in [-0.1, -0.05) is 18.2 Å². The number of aromatic nitrogens is 3. The summed E-state index contributed by atoms with van der Waals surface area (Å²) >= 11 is 0. The average Bonchev–Trinajstić information content (AvgIpc) is 3.24. The molecular formula is C19H18N4O2. The van der Waals surface area contributed by atoms with Gasteiger partial charge < -0.3 is 14.6 Å². The largest absolute Gasteiger partial charge is 0.383 e. The zero-order chi connectivity index (χ0) is 17.2. The van der Waals surface area contributed by atoms with Crippen molar-refractivity contribution in [1.29, 1.82) is 0 Å². The van der Waals surface area contributed by atoms with Crippen molar-refractivity contribution >= 4 is 33.5 Å². The Hall–Kier alpha value is -3.12. The van der Waals surface area contributed by atoms with E-state index in [9.17, 15) is 4.79 Å². The van der Waals surface area contributed by atoms with Crippen molar-refractivity contribution in [2.24, 2.45) is 0 Å². The zero-order valence-electron chi connectivity index (χ0n) is 13.8. The molecule has 126 valence electrons. The number of hydrogen-bond acceptors (Lipinski definition) is 3. The number of carbonyl (C=O) groups is 1. The molecule has 0 radical (unpaired) electrons. The van der Waals surface area contributed by atoms with Crippen LogP contribution in [0.15, 0.2) is 54.7 Å². The standard InChI is InChI=1S/C19H18N4O2/c1-25-12-11-23-10-9-13-14(6-4-8-17(13)23)19(24)20-18-15-5-2-3-7-16(15)21-22-18/h2-10H,11-12H2,1H3,(H2,20,21,22,24). The molecule has 0 aliphatic rings. The van der Waals surface area contributed by atoms with Crippen LogP contribution in [0, 0.1) is 0 Å². The molecule has 0 spiro atoms. The highest BCUT2D eigenvalue weighted by Gasteiger charge is 2.15. The van der Waals surface area contributed by atoms with E-state index in [1.807, 2.05) is 54.7 Å². The molecule has 2 heterocycles. The number of nitrogens with zero attached hydrogens (tertiary/aromatic N) is 2. The van der Waals surface area contributed by atoms with Crippen molar-refractivity contribution in [2.75, 3.05) is 19.0 Å². The highest BCUT2D eigenvalue weighted by molar-refractivity contribution is 6.14. The van der Waals surface area contributed by atoms with E-state index in [0.717, 1.165) is 28.4 Å². The number of methoxy groups -OCH3 is 1. The fraction of sp³-hybridized carbons (Fsp3) is 0.158. The van der Waals surface area contributed by atoms with Crippen molar-refractivity contribution in [3.63, 3.8) is 0 Å². The number of fused-ring (bicyclic) bond motifs is 2. The molecule has 0 saturated heterocycles. The van der Waals surface area contributed by atoms with Crippen LogP contribution in [0.2, 0.25) is 0 Å². The first-order chi connectivity index (χ1) is 12.3. The molecule has 4 aromatic rings. The average molecular weight is 334 g/mol. The number of para-hydroxylation sites is 1. The Morgan fingerprint density at radius 2 is 2.04 bits per heavy atom.